The minimum Gasteiger partial charge on any atom is -0.481 e. The molecule has 0 spiro atoms. The van der Waals surface area contributed by atoms with Gasteiger partial charge in [0.25, 0.3) is 5.91 Å². The smallest absolute Gasteiger partial charge is 0.303 e. The second kappa shape index (κ2) is 9.88. The molecule has 5 nitrogen and oxygen atoms in total. The summed E-state index contributed by atoms with van der Waals surface area (Å²) < 4.78 is 7.11. The summed E-state index contributed by atoms with van der Waals surface area (Å²) in [7, 11) is 0. The van der Waals surface area contributed by atoms with E-state index in [-0.39, 0.29) is 12.3 Å². The van der Waals surface area contributed by atoms with E-state index >= 15 is 0 Å². The van der Waals surface area contributed by atoms with Gasteiger partial charge in [0.1, 0.15) is 11.5 Å². The molecule has 1 heterocycles. The van der Waals surface area contributed by atoms with Gasteiger partial charge in [0.2, 0.25) is 0 Å². The van der Waals surface area contributed by atoms with Gasteiger partial charge in [-0.3, -0.25) is 9.59 Å². The van der Waals surface area contributed by atoms with Crippen LogP contribution in [0.5, 0.6) is 11.5 Å². The van der Waals surface area contributed by atoms with E-state index < -0.39 is 5.97 Å². The lowest BCUT2D eigenvalue weighted by Gasteiger charge is -2.11. The highest BCUT2D eigenvalue weighted by molar-refractivity contribution is 7.21. The zero-order valence-electron chi connectivity index (χ0n) is 18.6. The number of carboxylic acid groups (broad SMARTS) is 1. The number of rotatable bonds is 8. The third kappa shape index (κ3) is 5.41. The van der Waals surface area contributed by atoms with Gasteiger partial charge in [0.15, 0.2) is 0 Å². The van der Waals surface area contributed by atoms with Gasteiger partial charge in [0.05, 0.1) is 4.88 Å². The SMILES string of the molecule is Cc1cc(Oc2cccc(CNC(=O)c3sc4ccccc4c3C)c2)ccc1CCC(=O)O. The first-order valence-corrected chi connectivity index (χ1v) is 11.6. The molecule has 1 amide bonds. The molecule has 6 heteroatoms. The highest BCUT2D eigenvalue weighted by atomic mass is 32.1. The maximum Gasteiger partial charge on any atom is 0.303 e. The lowest BCUT2D eigenvalue weighted by atomic mass is 10.0. The van der Waals surface area contributed by atoms with E-state index in [0.29, 0.717) is 24.5 Å². The van der Waals surface area contributed by atoms with E-state index in [2.05, 4.69) is 5.32 Å². The van der Waals surface area contributed by atoms with Crippen LogP contribution >= 0.6 is 11.3 Å². The number of aliphatic carboxylic acids is 1. The number of benzene rings is 3. The van der Waals surface area contributed by atoms with Crippen molar-refractivity contribution < 1.29 is 19.4 Å². The van der Waals surface area contributed by atoms with Crippen LogP contribution in [0, 0.1) is 13.8 Å². The number of ether oxygens (including phenoxy) is 1. The Morgan fingerprint density at radius 2 is 1.76 bits per heavy atom. The summed E-state index contributed by atoms with van der Waals surface area (Å²) in [6.07, 6.45) is 0.603. The number of thiophene rings is 1. The summed E-state index contributed by atoms with van der Waals surface area (Å²) in [5.74, 6) is 0.486. The van der Waals surface area contributed by atoms with Gasteiger partial charge in [0, 0.05) is 17.7 Å². The van der Waals surface area contributed by atoms with E-state index in [1.54, 1.807) is 0 Å². The monoisotopic (exact) mass is 459 g/mol. The fraction of sp³-hybridized carbons (Fsp3) is 0.185. The Hall–Kier alpha value is -3.64. The topological polar surface area (TPSA) is 75.6 Å². The fourth-order valence-electron chi connectivity index (χ4n) is 3.76. The van der Waals surface area contributed by atoms with E-state index in [1.807, 2.05) is 80.6 Å². The molecule has 0 aliphatic carbocycles. The minimum absolute atomic E-state index is 0.0763. The molecule has 0 saturated heterocycles. The van der Waals surface area contributed by atoms with Crippen LogP contribution in [0.2, 0.25) is 0 Å². The van der Waals surface area contributed by atoms with E-state index in [4.69, 9.17) is 9.84 Å². The number of carbonyl (C=O) groups is 2. The van der Waals surface area contributed by atoms with Crippen LogP contribution in [-0.2, 0) is 17.8 Å². The summed E-state index contributed by atoms with van der Waals surface area (Å²) in [6.45, 7) is 4.33. The van der Waals surface area contributed by atoms with Crippen LogP contribution in [0.4, 0.5) is 0 Å². The Morgan fingerprint density at radius 3 is 2.52 bits per heavy atom. The number of carboxylic acids is 1. The molecule has 0 radical (unpaired) electrons. The average Bonchev–Trinajstić information content (AvgIpc) is 3.14. The first-order chi connectivity index (χ1) is 15.9. The van der Waals surface area contributed by atoms with Crippen molar-refractivity contribution in [2.75, 3.05) is 0 Å². The Balaban J connectivity index is 1.40. The quantitative estimate of drug-likeness (QED) is 0.326. The maximum absolute atomic E-state index is 12.8. The van der Waals surface area contributed by atoms with Crippen molar-refractivity contribution in [2.24, 2.45) is 0 Å². The molecule has 0 unspecified atom stereocenters. The molecule has 2 N–H and O–H groups in total. The van der Waals surface area contributed by atoms with E-state index in [1.165, 1.54) is 11.3 Å². The minimum atomic E-state index is -0.804. The van der Waals surface area contributed by atoms with Gasteiger partial charge in [-0.15, -0.1) is 11.3 Å². The first kappa shape index (κ1) is 22.6. The van der Waals surface area contributed by atoms with Gasteiger partial charge in [-0.25, -0.2) is 0 Å². The van der Waals surface area contributed by atoms with Crippen molar-refractivity contribution in [1.29, 1.82) is 0 Å². The number of carbonyl (C=O) groups excluding carboxylic acids is 1. The summed E-state index contributed by atoms with van der Waals surface area (Å²) in [5.41, 5.74) is 3.94. The van der Waals surface area contributed by atoms with Gasteiger partial charge >= 0.3 is 5.97 Å². The lowest BCUT2D eigenvalue weighted by Crippen LogP contribution is -2.22. The van der Waals surface area contributed by atoms with Crippen molar-refractivity contribution in [3.8, 4) is 11.5 Å². The second-order valence-electron chi connectivity index (χ2n) is 7.97. The number of hydrogen-bond donors (Lipinski definition) is 2. The molecule has 4 aromatic rings. The molecule has 0 atom stereocenters. The van der Waals surface area contributed by atoms with Crippen LogP contribution < -0.4 is 10.1 Å². The molecule has 0 fully saturated rings. The summed E-state index contributed by atoms with van der Waals surface area (Å²) in [6, 6.07) is 21.3. The van der Waals surface area contributed by atoms with Gasteiger partial charge in [-0.1, -0.05) is 36.4 Å². The Kier molecular flexibility index (Phi) is 6.75. The molecule has 3 aromatic carbocycles. The van der Waals surface area contributed by atoms with Gasteiger partial charge < -0.3 is 15.2 Å². The molecule has 0 saturated carbocycles. The number of aryl methyl sites for hydroxylation is 3. The zero-order valence-corrected chi connectivity index (χ0v) is 19.4. The number of fused-ring (bicyclic) bond motifs is 1. The van der Waals surface area contributed by atoms with Crippen molar-refractivity contribution in [3.63, 3.8) is 0 Å². The summed E-state index contributed by atoms with van der Waals surface area (Å²) in [4.78, 5) is 24.3. The van der Waals surface area contributed by atoms with Crippen LogP contribution in [0.25, 0.3) is 10.1 Å². The normalized spacial score (nSPS) is 10.8. The Morgan fingerprint density at radius 1 is 0.970 bits per heavy atom. The highest BCUT2D eigenvalue weighted by Crippen LogP contribution is 2.30. The number of hydrogen-bond acceptors (Lipinski definition) is 4. The number of amides is 1. The van der Waals surface area contributed by atoms with Crippen molar-refractivity contribution in [2.45, 2.75) is 33.2 Å². The molecule has 33 heavy (non-hydrogen) atoms. The maximum atomic E-state index is 12.8. The molecule has 0 aliphatic heterocycles. The highest BCUT2D eigenvalue weighted by Gasteiger charge is 2.15. The third-order valence-corrected chi connectivity index (χ3v) is 6.83. The van der Waals surface area contributed by atoms with Crippen LogP contribution in [0.3, 0.4) is 0 Å². The predicted molar refractivity (Wildman–Crippen MR) is 131 cm³/mol. The number of nitrogens with one attached hydrogen (secondary N) is 1. The van der Waals surface area contributed by atoms with Crippen molar-refractivity contribution >= 4 is 33.3 Å². The molecule has 168 valence electrons. The molecule has 0 bridgehead atoms. The molecule has 4 rings (SSSR count). The van der Waals surface area contributed by atoms with Crippen LogP contribution in [-0.4, -0.2) is 17.0 Å². The van der Waals surface area contributed by atoms with Crippen LogP contribution in [0.15, 0.2) is 66.7 Å². The van der Waals surface area contributed by atoms with Crippen molar-refractivity contribution in [3.05, 3.63) is 93.9 Å². The third-order valence-electron chi connectivity index (χ3n) is 5.56. The predicted octanol–water partition coefficient (Wildman–Crippen LogP) is 6.26. The molecule has 0 aliphatic rings. The second-order valence-corrected chi connectivity index (χ2v) is 9.02. The average molecular weight is 460 g/mol. The largest absolute Gasteiger partial charge is 0.481 e. The Bertz CT molecular complexity index is 1320. The van der Waals surface area contributed by atoms with E-state index in [9.17, 15) is 9.59 Å². The first-order valence-electron chi connectivity index (χ1n) is 10.7. The Labute approximate surface area is 196 Å². The molecular weight excluding hydrogens is 434 g/mol. The van der Waals surface area contributed by atoms with Gasteiger partial charge in [-0.05, 0) is 78.2 Å². The van der Waals surface area contributed by atoms with E-state index in [0.717, 1.165) is 37.2 Å². The van der Waals surface area contributed by atoms with Gasteiger partial charge in [-0.2, -0.15) is 0 Å². The van der Waals surface area contributed by atoms with Crippen LogP contribution in [0.1, 0.15) is 38.3 Å². The zero-order chi connectivity index (χ0) is 23.4. The summed E-state index contributed by atoms with van der Waals surface area (Å²) >= 11 is 1.51. The molecular formula is C27H25NO4S. The molecule has 1 aromatic heterocycles. The van der Waals surface area contributed by atoms with Crippen molar-refractivity contribution in [1.82, 2.24) is 5.32 Å². The summed E-state index contributed by atoms with van der Waals surface area (Å²) in [5, 5.41) is 13.0. The fourth-order valence-corrected chi connectivity index (χ4v) is 4.89. The standard InChI is InChI=1S/C27H25NO4S/c1-17-14-22(12-10-20(17)11-13-25(29)30)32-21-7-5-6-19(15-21)16-28-27(31)26-18(2)23-8-3-4-9-24(23)33-26/h3-10,12,14-15H,11,13,16H2,1-2H3,(H,28,31)(H,29,30). The lowest BCUT2D eigenvalue weighted by molar-refractivity contribution is -0.136.